The molecule has 0 saturated carbocycles. The Morgan fingerprint density at radius 2 is 1.81 bits per heavy atom. The zero-order valence-electron chi connectivity index (χ0n) is 15.7. The second-order valence-corrected chi connectivity index (χ2v) is 7.37. The normalized spacial score (nSPS) is 11.5. The number of aryl methyl sites for hydroxylation is 1. The third-order valence-electron chi connectivity index (χ3n) is 3.75. The highest BCUT2D eigenvalue weighted by atomic mass is 32.2. The molecule has 1 rings (SSSR count). The number of amides is 2. The molecule has 1 atom stereocenters. The summed E-state index contributed by atoms with van der Waals surface area (Å²) >= 11 is 1.30. The number of thioether (sulfide) groups is 1. The maximum Gasteiger partial charge on any atom is 0.305 e. The van der Waals surface area contributed by atoms with Crippen LogP contribution in [0.4, 0.5) is 5.69 Å². The highest BCUT2D eigenvalue weighted by Gasteiger charge is 2.14. The van der Waals surface area contributed by atoms with Gasteiger partial charge in [-0.05, 0) is 38.8 Å². The first-order valence-electron chi connectivity index (χ1n) is 8.75. The summed E-state index contributed by atoms with van der Waals surface area (Å²) in [7, 11) is 1.38. The van der Waals surface area contributed by atoms with Gasteiger partial charge in [-0.3, -0.25) is 14.4 Å². The van der Waals surface area contributed by atoms with Gasteiger partial charge in [-0.15, -0.1) is 11.8 Å². The number of hydrogen-bond donors (Lipinski definition) is 2. The molecule has 0 aliphatic heterocycles. The Balaban J connectivity index is 2.14. The van der Waals surface area contributed by atoms with Crippen LogP contribution in [0.3, 0.4) is 0 Å². The second-order valence-electron chi connectivity index (χ2n) is 6.05. The van der Waals surface area contributed by atoms with Gasteiger partial charge in [0.2, 0.25) is 11.8 Å². The van der Waals surface area contributed by atoms with Crippen molar-refractivity contribution in [3.8, 4) is 0 Å². The molecule has 0 fully saturated rings. The lowest BCUT2D eigenvalue weighted by Crippen LogP contribution is -2.32. The number of unbranched alkanes of at least 4 members (excludes halogenated alkanes) is 2. The van der Waals surface area contributed by atoms with E-state index >= 15 is 0 Å². The highest BCUT2D eigenvalue weighted by Crippen LogP contribution is 2.13. The Labute approximate surface area is 159 Å². The van der Waals surface area contributed by atoms with Crippen molar-refractivity contribution in [2.24, 2.45) is 0 Å². The van der Waals surface area contributed by atoms with Crippen LogP contribution in [-0.4, -0.2) is 42.4 Å². The number of benzene rings is 1. The van der Waals surface area contributed by atoms with Gasteiger partial charge >= 0.3 is 5.97 Å². The molecule has 0 bridgehead atoms. The summed E-state index contributed by atoms with van der Waals surface area (Å²) in [5.74, 6) is -0.183. The van der Waals surface area contributed by atoms with Gasteiger partial charge in [-0.2, -0.15) is 0 Å². The first kappa shape index (κ1) is 22.0. The van der Waals surface area contributed by atoms with E-state index in [0.29, 0.717) is 13.0 Å². The van der Waals surface area contributed by atoms with E-state index in [0.717, 1.165) is 30.5 Å². The minimum absolute atomic E-state index is 0.0777. The van der Waals surface area contributed by atoms with Crippen LogP contribution in [0.25, 0.3) is 0 Å². The Kier molecular flexibility index (Phi) is 10.5. The van der Waals surface area contributed by atoms with Crippen LogP contribution >= 0.6 is 11.8 Å². The number of esters is 1. The van der Waals surface area contributed by atoms with Gasteiger partial charge in [-0.25, -0.2) is 0 Å². The molecular formula is C19H28N2O4S. The van der Waals surface area contributed by atoms with Gasteiger partial charge in [0.1, 0.15) is 0 Å². The largest absolute Gasteiger partial charge is 0.469 e. The highest BCUT2D eigenvalue weighted by molar-refractivity contribution is 8.01. The average molecular weight is 381 g/mol. The molecule has 2 N–H and O–H groups in total. The molecule has 7 heteroatoms. The van der Waals surface area contributed by atoms with Crippen molar-refractivity contribution in [3.05, 3.63) is 29.8 Å². The van der Waals surface area contributed by atoms with E-state index in [4.69, 9.17) is 0 Å². The average Bonchev–Trinajstić information content (AvgIpc) is 2.63. The van der Waals surface area contributed by atoms with Crippen molar-refractivity contribution in [2.75, 3.05) is 24.7 Å². The molecule has 0 spiro atoms. The molecule has 26 heavy (non-hydrogen) atoms. The Bertz CT molecular complexity index is 590. The summed E-state index contributed by atoms with van der Waals surface area (Å²) in [6.45, 7) is 4.35. The van der Waals surface area contributed by atoms with Crippen LogP contribution < -0.4 is 10.6 Å². The first-order chi connectivity index (χ1) is 12.4. The standard InChI is InChI=1S/C19H28N2O4S/c1-14-8-10-16(11-9-14)21-17(22)13-26-15(2)19(24)20-12-6-4-5-7-18(23)25-3/h8-11,15H,4-7,12-13H2,1-3H3,(H,20,24)(H,21,22). The topological polar surface area (TPSA) is 84.5 Å². The van der Waals surface area contributed by atoms with E-state index in [-0.39, 0.29) is 28.8 Å². The van der Waals surface area contributed by atoms with Crippen molar-refractivity contribution < 1.29 is 19.1 Å². The van der Waals surface area contributed by atoms with Crippen molar-refractivity contribution in [1.82, 2.24) is 5.32 Å². The smallest absolute Gasteiger partial charge is 0.305 e. The lowest BCUT2D eigenvalue weighted by molar-refractivity contribution is -0.140. The SMILES string of the molecule is COC(=O)CCCCCNC(=O)C(C)SCC(=O)Nc1ccc(C)cc1. The maximum absolute atomic E-state index is 12.0. The van der Waals surface area contributed by atoms with E-state index in [1.165, 1.54) is 18.9 Å². The molecule has 0 heterocycles. The van der Waals surface area contributed by atoms with E-state index in [2.05, 4.69) is 15.4 Å². The quantitative estimate of drug-likeness (QED) is 0.455. The molecule has 0 saturated heterocycles. The molecule has 0 aliphatic carbocycles. The number of anilines is 1. The monoisotopic (exact) mass is 380 g/mol. The third kappa shape index (κ3) is 9.46. The minimum Gasteiger partial charge on any atom is -0.469 e. The lowest BCUT2D eigenvalue weighted by atomic mass is 10.2. The van der Waals surface area contributed by atoms with Gasteiger partial charge in [0.15, 0.2) is 0 Å². The fraction of sp³-hybridized carbons (Fsp3) is 0.526. The summed E-state index contributed by atoms with van der Waals surface area (Å²) < 4.78 is 4.57. The number of hydrogen-bond acceptors (Lipinski definition) is 5. The third-order valence-corrected chi connectivity index (χ3v) is 4.90. The Morgan fingerprint density at radius 3 is 2.46 bits per heavy atom. The maximum atomic E-state index is 12.0. The summed E-state index contributed by atoms with van der Waals surface area (Å²) in [5, 5.41) is 5.37. The van der Waals surface area contributed by atoms with Crippen LogP contribution in [0.1, 0.15) is 38.2 Å². The second kappa shape index (κ2) is 12.4. The minimum atomic E-state index is -0.297. The molecule has 1 aromatic rings. The van der Waals surface area contributed by atoms with E-state index in [9.17, 15) is 14.4 Å². The van der Waals surface area contributed by atoms with Crippen LogP contribution in [0.15, 0.2) is 24.3 Å². The molecule has 1 aromatic carbocycles. The fourth-order valence-corrected chi connectivity index (χ4v) is 2.85. The van der Waals surface area contributed by atoms with Crippen LogP contribution in [0, 0.1) is 6.92 Å². The summed E-state index contributed by atoms with van der Waals surface area (Å²) in [6, 6.07) is 7.58. The predicted molar refractivity (Wildman–Crippen MR) is 105 cm³/mol. The van der Waals surface area contributed by atoms with Gasteiger partial charge in [0.05, 0.1) is 18.1 Å². The van der Waals surface area contributed by atoms with Gasteiger partial charge in [0, 0.05) is 18.7 Å². The number of carbonyl (C=O) groups excluding carboxylic acids is 3. The van der Waals surface area contributed by atoms with Crippen molar-refractivity contribution in [1.29, 1.82) is 0 Å². The number of methoxy groups -OCH3 is 1. The van der Waals surface area contributed by atoms with Crippen molar-refractivity contribution >= 4 is 35.2 Å². The van der Waals surface area contributed by atoms with E-state index < -0.39 is 0 Å². The van der Waals surface area contributed by atoms with Crippen molar-refractivity contribution in [3.63, 3.8) is 0 Å². The first-order valence-corrected chi connectivity index (χ1v) is 9.80. The lowest BCUT2D eigenvalue weighted by Gasteiger charge is -2.12. The Morgan fingerprint density at radius 1 is 1.12 bits per heavy atom. The molecule has 2 amide bonds. The van der Waals surface area contributed by atoms with Gasteiger partial charge < -0.3 is 15.4 Å². The van der Waals surface area contributed by atoms with E-state index in [1.807, 2.05) is 31.2 Å². The Hall–Kier alpha value is -2.02. The molecule has 6 nitrogen and oxygen atoms in total. The zero-order chi connectivity index (χ0) is 19.4. The number of ether oxygens (including phenoxy) is 1. The molecule has 0 radical (unpaired) electrons. The van der Waals surface area contributed by atoms with Gasteiger partial charge in [0.25, 0.3) is 0 Å². The molecular weight excluding hydrogens is 352 g/mol. The summed E-state index contributed by atoms with van der Waals surface area (Å²) in [4.78, 5) is 34.9. The predicted octanol–water partition coefficient (Wildman–Crippen LogP) is 2.90. The number of rotatable bonds is 11. The van der Waals surface area contributed by atoms with Crippen LogP contribution in [0.2, 0.25) is 0 Å². The van der Waals surface area contributed by atoms with Crippen LogP contribution in [0.5, 0.6) is 0 Å². The van der Waals surface area contributed by atoms with Gasteiger partial charge in [-0.1, -0.05) is 24.1 Å². The molecule has 0 aromatic heterocycles. The number of carbonyl (C=O) groups is 3. The van der Waals surface area contributed by atoms with E-state index in [1.54, 1.807) is 6.92 Å². The fourth-order valence-electron chi connectivity index (χ4n) is 2.14. The van der Waals surface area contributed by atoms with Crippen molar-refractivity contribution in [2.45, 2.75) is 44.8 Å². The van der Waals surface area contributed by atoms with Crippen LogP contribution in [-0.2, 0) is 19.1 Å². The molecule has 0 aliphatic rings. The molecule has 144 valence electrons. The summed E-state index contributed by atoms with van der Waals surface area (Å²) in [5.41, 5.74) is 1.89. The number of nitrogens with one attached hydrogen (secondary N) is 2. The summed E-state index contributed by atoms with van der Waals surface area (Å²) in [6.07, 6.45) is 2.84. The molecule has 1 unspecified atom stereocenters. The zero-order valence-corrected chi connectivity index (χ0v) is 16.5.